The second-order valence-corrected chi connectivity index (χ2v) is 13.9. The Morgan fingerprint density at radius 3 is 2.67 bits per heavy atom. The van der Waals surface area contributed by atoms with Crippen LogP contribution in [0.1, 0.15) is 69.3 Å². The van der Waals surface area contributed by atoms with Crippen LogP contribution in [-0.4, -0.2) is 46.6 Å². The minimum Gasteiger partial charge on any atom is -0.389 e. The number of aryl methyl sites for hydroxylation is 2. The van der Waals surface area contributed by atoms with Gasteiger partial charge in [-0.25, -0.2) is 18.7 Å². The summed E-state index contributed by atoms with van der Waals surface area (Å²) in [6, 6.07) is 5.22. The normalized spacial score (nSPS) is 18.9. The zero-order valence-electron chi connectivity index (χ0n) is 27.0. The van der Waals surface area contributed by atoms with Crippen molar-refractivity contribution in [2.45, 2.75) is 77.3 Å². The van der Waals surface area contributed by atoms with Crippen LogP contribution in [0.2, 0.25) is 5.02 Å². The summed E-state index contributed by atoms with van der Waals surface area (Å²) in [6.45, 7) is 10.4. The summed E-state index contributed by atoms with van der Waals surface area (Å²) < 4.78 is 55.7. The minimum atomic E-state index is -1.44. The number of nitrogens with zero attached hydrogens (tertiary/aromatic N) is 5. The van der Waals surface area contributed by atoms with Crippen molar-refractivity contribution in [2.24, 2.45) is 0 Å². The Balaban J connectivity index is 0.000000307. The van der Waals surface area contributed by atoms with E-state index in [1.807, 2.05) is 13.0 Å². The zero-order chi connectivity index (χ0) is 34.3. The lowest BCUT2D eigenvalue weighted by Crippen LogP contribution is -2.35. The van der Waals surface area contributed by atoms with Gasteiger partial charge in [0.05, 0.1) is 20.7 Å². The summed E-state index contributed by atoms with van der Waals surface area (Å²) in [6.07, 6.45) is 7.13. The number of unbranched alkanes of at least 4 members (excludes halogenated alkanes) is 1. The molecule has 0 amide bonds. The lowest BCUT2D eigenvalue weighted by molar-refractivity contribution is 0.326. The summed E-state index contributed by atoms with van der Waals surface area (Å²) in [7, 11) is 0. The van der Waals surface area contributed by atoms with Gasteiger partial charge >= 0.3 is 0 Å². The van der Waals surface area contributed by atoms with Gasteiger partial charge in [0, 0.05) is 48.1 Å². The SMILES string of the molecule is C=CC1CCc2c(Cl)c(-c3ccc(F)c4sc(N)c(C#N)c34)c(F)c3nc(CC)nc(c23)N1CCCC.FC(F)=C1CC2CCCN2C1. The van der Waals surface area contributed by atoms with Gasteiger partial charge in [-0.3, -0.25) is 4.90 Å². The van der Waals surface area contributed by atoms with Gasteiger partial charge in [0.1, 0.15) is 34.0 Å². The van der Waals surface area contributed by atoms with Gasteiger partial charge in [-0.05, 0) is 62.3 Å². The standard InChI is InChI=1S/C28H26ClF2N5S.C8H11F2N/c1-4-7-12-36-14(5-2)8-9-16-22-25(34-19(6-3)35-28(22)36)24(31)21(23(16)29)15-10-11-18(30)26-20(15)17(13-32)27(33)37-26;9-8(10)6-4-7-2-1-3-11(7)5-6/h5,10-11,14H,2,4,6-9,12,33H2,1,3H3;7H,1-5H2. The Kier molecular flexibility index (Phi) is 9.98. The second-order valence-electron chi connectivity index (χ2n) is 12.5. The third-order valence-electron chi connectivity index (χ3n) is 9.69. The number of benzene rings is 2. The molecule has 4 aromatic rings. The summed E-state index contributed by atoms with van der Waals surface area (Å²) in [5.41, 5.74) is 7.89. The minimum absolute atomic E-state index is 0.00345. The number of thiophene rings is 1. The van der Waals surface area contributed by atoms with Crippen molar-refractivity contribution >= 4 is 54.7 Å². The fraction of sp³-hybridized carbons (Fsp3) is 0.417. The highest BCUT2D eigenvalue weighted by molar-refractivity contribution is 7.23. The van der Waals surface area contributed by atoms with Gasteiger partial charge in [-0.2, -0.15) is 14.0 Å². The molecule has 6 nitrogen and oxygen atoms in total. The fourth-order valence-corrected chi connectivity index (χ4v) is 8.59. The Morgan fingerprint density at radius 2 is 2.00 bits per heavy atom. The van der Waals surface area contributed by atoms with E-state index in [1.165, 1.54) is 18.6 Å². The first-order valence-electron chi connectivity index (χ1n) is 16.4. The number of fused-ring (bicyclic) bond motifs is 2. The fourth-order valence-electron chi connectivity index (χ4n) is 7.27. The lowest BCUT2D eigenvalue weighted by atomic mass is 9.93. The van der Waals surface area contributed by atoms with E-state index >= 15 is 4.39 Å². The maximum atomic E-state index is 16.6. The van der Waals surface area contributed by atoms with Crippen molar-refractivity contribution < 1.29 is 17.6 Å². The first-order chi connectivity index (χ1) is 23.1. The van der Waals surface area contributed by atoms with Crippen molar-refractivity contribution in [3.63, 3.8) is 0 Å². The van der Waals surface area contributed by atoms with Crippen molar-refractivity contribution in [1.29, 1.82) is 5.26 Å². The van der Waals surface area contributed by atoms with E-state index in [-0.39, 0.29) is 42.8 Å². The molecule has 0 radical (unpaired) electrons. The largest absolute Gasteiger partial charge is 0.389 e. The van der Waals surface area contributed by atoms with Gasteiger partial charge in [0.2, 0.25) is 0 Å². The molecule has 48 heavy (non-hydrogen) atoms. The van der Waals surface area contributed by atoms with Gasteiger partial charge in [-0.1, -0.05) is 44.0 Å². The predicted molar refractivity (Wildman–Crippen MR) is 187 cm³/mol. The molecule has 5 heterocycles. The first kappa shape index (κ1) is 34.2. The third kappa shape index (κ3) is 5.92. The molecule has 3 aliphatic heterocycles. The lowest BCUT2D eigenvalue weighted by Gasteiger charge is -2.30. The van der Waals surface area contributed by atoms with Crippen molar-refractivity contribution in [2.75, 3.05) is 30.3 Å². The van der Waals surface area contributed by atoms with Crippen LogP contribution in [-0.2, 0) is 12.8 Å². The predicted octanol–water partition coefficient (Wildman–Crippen LogP) is 9.57. The quantitative estimate of drug-likeness (QED) is 0.160. The Bertz CT molecular complexity index is 1970. The number of rotatable bonds is 6. The summed E-state index contributed by atoms with van der Waals surface area (Å²) >= 11 is 7.99. The van der Waals surface area contributed by atoms with E-state index < -0.39 is 17.7 Å². The number of halogens is 5. The molecule has 252 valence electrons. The monoisotopic (exact) mass is 696 g/mol. The van der Waals surface area contributed by atoms with Crippen LogP contribution in [0.15, 0.2) is 36.4 Å². The maximum absolute atomic E-state index is 16.6. The summed E-state index contributed by atoms with van der Waals surface area (Å²) in [4.78, 5) is 13.8. The van der Waals surface area contributed by atoms with E-state index in [0.717, 1.165) is 55.7 Å². The smallest absolute Gasteiger partial charge is 0.270 e. The average molecular weight is 697 g/mol. The number of hydrogen-bond donors (Lipinski definition) is 1. The summed E-state index contributed by atoms with van der Waals surface area (Å²) in [5.74, 6) is 0.0530. The highest BCUT2D eigenvalue weighted by atomic mass is 35.5. The van der Waals surface area contributed by atoms with Crippen molar-refractivity contribution in [3.8, 4) is 17.2 Å². The number of anilines is 2. The molecular weight excluding hydrogens is 660 g/mol. The molecule has 12 heteroatoms. The third-order valence-corrected chi connectivity index (χ3v) is 11.1. The van der Waals surface area contributed by atoms with Crippen LogP contribution in [0.3, 0.4) is 0 Å². The maximum Gasteiger partial charge on any atom is 0.270 e. The Morgan fingerprint density at radius 1 is 1.21 bits per heavy atom. The van der Waals surface area contributed by atoms with Crippen LogP contribution in [0.4, 0.5) is 28.4 Å². The topological polar surface area (TPSA) is 82.1 Å². The van der Waals surface area contributed by atoms with E-state index in [0.29, 0.717) is 60.0 Å². The molecular formula is C36H37ClF4N6S. The zero-order valence-corrected chi connectivity index (χ0v) is 28.6. The molecule has 7 rings (SSSR count). The number of aromatic nitrogens is 2. The Hall–Kier alpha value is -3.72. The Labute approximate surface area is 286 Å². The molecule has 2 fully saturated rings. The molecule has 2 aromatic carbocycles. The molecule has 2 unspecified atom stereocenters. The number of nitrogen functional groups attached to an aromatic ring is 1. The highest BCUT2D eigenvalue weighted by Crippen LogP contribution is 2.48. The van der Waals surface area contributed by atoms with Gasteiger partial charge in [-0.15, -0.1) is 17.9 Å². The van der Waals surface area contributed by atoms with Gasteiger partial charge < -0.3 is 10.6 Å². The number of hydrogen-bond acceptors (Lipinski definition) is 7. The van der Waals surface area contributed by atoms with Crippen molar-refractivity contribution in [3.05, 3.63) is 70.0 Å². The van der Waals surface area contributed by atoms with Crippen LogP contribution in [0.25, 0.3) is 32.1 Å². The van der Waals surface area contributed by atoms with Crippen LogP contribution < -0.4 is 10.6 Å². The molecule has 0 bridgehead atoms. The van der Waals surface area contributed by atoms with Crippen molar-refractivity contribution in [1.82, 2.24) is 14.9 Å². The van der Waals surface area contributed by atoms with Crippen LogP contribution in [0.5, 0.6) is 0 Å². The average Bonchev–Trinajstić information content (AvgIpc) is 3.76. The van der Waals surface area contributed by atoms with Crippen LogP contribution in [0, 0.1) is 23.0 Å². The van der Waals surface area contributed by atoms with E-state index in [9.17, 15) is 18.4 Å². The molecule has 0 aliphatic carbocycles. The van der Waals surface area contributed by atoms with Crippen LogP contribution >= 0.6 is 22.9 Å². The van der Waals surface area contributed by atoms with Gasteiger partial charge in [0.25, 0.3) is 6.08 Å². The number of nitriles is 1. The van der Waals surface area contributed by atoms with E-state index in [4.69, 9.17) is 22.3 Å². The molecule has 2 aromatic heterocycles. The van der Waals surface area contributed by atoms with Gasteiger partial charge in [0.15, 0.2) is 5.82 Å². The molecule has 0 spiro atoms. The van der Waals surface area contributed by atoms with E-state index in [2.05, 4.69) is 34.4 Å². The molecule has 2 saturated heterocycles. The molecule has 2 N–H and O–H groups in total. The first-order valence-corrected chi connectivity index (χ1v) is 17.6. The molecule has 3 aliphatic rings. The molecule has 2 atom stereocenters. The van der Waals surface area contributed by atoms with E-state index in [1.54, 1.807) is 0 Å². The highest BCUT2D eigenvalue weighted by Gasteiger charge is 2.34. The second kappa shape index (κ2) is 14.0. The molecule has 0 saturated carbocycles. The summed E-state index contributed by atoms with van der Waals surface area (Å²) in [5, 5.41) is 11.1. The number of nitrogens with two attached hydrogens (primary N) is 1.